The molecule has 0 atom stereocenters. The quantitative estimate of drug-likeness (QED) is 0.291. The van der Waals surface area contributed by atoms with Crippen LogP contribution < -0.4 is 0 Å². The largest absolute Gasteiger partial charge is 0.336 e. The molecule has 8 heteroatoms. The fraction of sp³-hybridized carbons (Fsp3) is 0.207. The number of aromatic nitrogens is 7. The van der Waals surface area contributed by atoms with Crippen molar-refractivity contribution in [3.8, 4) is 22.8 Å². The molecule has 5 aromatic heterocycles. The van der Waals surface area contributed by atoms with E-state index in [1.165, 1.54) is 18.4 Å². The van der Waals surface area contributed by atoms with Gasteiger partial charge in [-0.3, -0.25) is 25.0 Å². The highest BCUT2D eigenvalue weighted by Gasteiger charge is 2.17. The second-order valence-corrected chi connectivity index (χ2v) is 9.22. The summed E-state index contributed by atoms with van der Waals surface area (Å²) in [5, 5.41) is 8.64. The minimum atomic E-state index is 0.676. The molecule has 37 heavy (non-hydrogen) atoms. The molecule has 0 unspecified atom stereocenters. The van der Waals surface area contributed by atoms with Crippen LogP contribution in [0.3, 0.4) is 0 Å². The number of H-pyrrole nitrogens is 2. The van der Waals surface area contributed by atoms with Gasteiger partial charge in [-0.05, 0) is 74.3 Å². The Bertz CT molecular complexity index is 1630. The number of hydrogen-bond donors (Lipinski definition) is 2. The fourth-order valence-electron chi connectivity index (χ4n) is 4.89. The van der Waals surface area contributed by atoms with Crippen LogP contribution in [0.15, 0.2) is 79.4 Å². The lowest BCUT2D eigenvalue weighted by Crippen LogP contribution is -2.21. The highest BCUT2D eigenvalue weighted by Crippen LogP contribution is 2.31. The molecule has 6 heterocycles. The van der Waals surface area contributed by atoms with Crippen LogP contribution >= 0.6 is 0 Å². The van der Waals surface area contributed by atoms with E-state index < -0.39 is 0 Å². The first-order valence-corrected chi connectivity index (χ1v) is 12.5. The summed E-state index contributed by atoms with van der Waals surface area (Å²) in [6.07, 6.45) is 15.9. The fourth-order valence-corrected chi connectivity index (χ4v) is 4.89. The molecular weight excluding hydrogens is 460 g/mol. The molecule has 1 aliphatic rings. The summed E-state index contributed by atoms with van der Waals surface area (Å²) in [4.78, 5) is 24.3. The van der Waals surface area contributed by atoms with Crippen LogP contribution in [-0.2, 0) is 0 Å². The zero-order valence-electron chi connectivity index (χ0n) is 20.8. The van der Waals surface area contributed by atoms with E-state index in [0.29, 0.717) is 5.82 Å². The van der Waals surface area contributed by atoms with Gasteiger partial charge in [0, 0.05) is 36.1 Å². The Morgan fingerprint density at radius 2 is 1.97 bits per heavy atom. The van der Waals surface area contributed by atoms with Crippen LogP contribution in [0, 0.1) is 0 Å². The maximum absolute atomic E-state index is 4.90. The molecule has 184 valence electrons. The van der Waals surface area contributed by atoms with Crippen molar-refractivity contribution in [3.05, 3.63) is 85.1 Å². The molecule has 0 radical (unpaired) electrons. The first-order valence-electron chi connectivity index (χ1n) is 12.5. The Labute approximate surface area is 214 Å². The lowest BCUT2D eigenvalue weighted by molar-refractivity contribution is 0.371. The zero-order valence-corrected chi connectivity index (χ0v) is 20.8. The van der Waals surface area contributed by atoms with E-state index >= 15 is 0 Å². The van der Waals surface area contributed by atoms with E-state index in [4.69, 9.17) is 9.97 Å². The summed E-state index contributed by atoms with van der Waals surface area (Å²) in [6, 6.07) is 7.88. The van der Waals surface area contributed by atoms with Gasteiger partial charge in [-0.15, -0.1) is 0 Å². The average molecular weight is 489 g/mol. The second kappa shape index (κ2) is 9.91. The molecule has 5 aromatic rings. The Kier molecular flexibility index (Phi) is 6.16. The summed E-state index contributed by atoms with van der Waals surface area (Å²) in [7, 11) is 0. The van der Waals surface area contributed by atoms with Crippen molar-refractivity contribution in [1.29, 1.82) is 0 Å². The van der Waals surface area contributed by atoms with Gasteiger partial charge < -0.3 is 4.98 Å². The number of pyridine rings is 3. The van der Waals surface area contributed by atoms with Crippen molar-refractivity contribution < 1.29 is 0 Å². The minimum Gasteiger partial charge on any atom is -0.336 e. The van der Waals surface area contributed by atoms with Gasteiger partial charge in [0.05, 0.1) is 28.6 Å². The first-order chi connectivity index (χ1) is 18.2. The molecule has 0 aliphatic carbocycles. The van der Waals surface area contributed by atoms with Gasteiger partial charge in [0.15, 0.2) is 5.82 Å². The molecule has 1 aliphatic heterocycles. The summed E-state index contributed by atoms with van der Waals surface area (Å²) < 4.78 is 0. The van der Waals surface area contributed by atoms with E-state index in [0.717, 1.165) is 69.8 Å². The van der Waals surface area contributed by atoms with Crippen LogP contribution in [0.2, 0.25) is 0 Å². The number of hydrogen-bond acceptors (Lipinski definition) is 6. The molecule has 0 bridgehead atoms. The number of nitrogens with zero attached hydrogens (tertiary/aromatic N) is 6. The van der Waals surface area contributed by atoms with Gasteiger partial charge in [-0.1, -0.05) is 18.7 Å². The van der Waals surface area contributed by atoms with Crippen molar-refractivity contribution in [2.45, 2.75) is 19.8 Å². The standard InChI is InChI=1S/C29H28N8/c1-3-19(18-37-12-5-6-13-37)14-20(4-2)24-15-22-25(17-32-24)35-36-27(22)29-33-23-9-11-31-26(28(23)34-29)21-8-7-10-30-16-21/h3-4,7-11,14-17H,1,5-6,12-13,18H2,2H3,(H,33,34)(H,35,36)/b19-14+,20-4+. The number of imidazole rings is 1. The average Bonchev–Trinajstić information content (AvgIpc) is 3.70. The summed E-state index contributed by atoms with van der Waals surface area (Å²) in [5.41, 5.74) is 8.10. The number of fused-ring (bicyclic) bond motifs is 2. The first kappa shape index (κ1) is 23.0. The molecular formula is C29H28N8. The molecule has 8 nitrogen and oxygen atoms in total. The Morgan fingerprint density at radius 1 is 1.08 bits per heavy atom. The molecule has 0 spiro atoms. The number of likely N-dealkylation sites (tertiary alicyclic amines) is 1. The van der Waals surface area contributed by atoms with Gasteiger partial charge >= 0.3 is 0 Å². The zero-order chi connectivity index (χ0) is 25.2. The summed E-state index contributed by atoms with van der Waals surface area (Å²) >= 11 is 0. The van der Waals surface area contributed by atoms with Crippen molar-refractivity contribution in [1.82, 2.24) is 40.0 Å². The summed E-state index contributed by atoms with van der Waals surface area (Å²) in [6.45, 7) is 9.29. The van der Waals surface area contributed by atoms with Gasteiger partial charge in [0.1, 0.15) is 11.2 Å². The van der Waals surface area contributed by atoms with E-state index in [1.807, 2.05) is 37.4 Å². The van der Waals surface area contributed by atoms with Gasteiger partial charge in [0.2, 0.25) is 0 Å². The van der Waals surface area contributed by atoms with Gasteiger partial charge in [-0.2, -0.15) is 5.10 Å². The molecule has 6 rings (SSSR count). The second-order valence-electron chi connectivity index (χ2n) is 9.22. The smallest absolute Gasteiger partial charge is 0.159 e. The highest BCUT2D eigenvalue weighted by atomic mass is 15.1. The molecule has 0 amide bonds. The maximum atomic E-state index is 4.90. The van der Waals surface area contributed by atoms with E-state index in [1.54, 1.807) is 18.6 Å². The van der Waals surface area contributed by atoms with Crippen LogP contribution in [0.5, 0.6) is 0 Å². The third-order valence-electron chi connectivity index (χ3n) is 6.82. The van der Waals surface area contributed by atoms with E-state index in [2.05, 4.69) is 54.8 Å². The minimum absolute atomic E-state index is 0.676. The van der Waals surface area contributed by atoms with Crippen molar-refractivity contribution in [3.63, 3.8) is 0 Å². The Hall–Kier alpha value is -4.43. The van der Waals surface area contributed by atoms with Crippen molar-refractivity contribution in [2.75, 3.05) is 19.6 Å². The Morgan fingerprint density at radius 3 is 2.76 bits per heavy atom. The van der Waals surface area contributed by atoms with E-state index in [9.17, 15) is 0 Å². The number of rotatable bonds is 7. The molecule has 1 saturated heterocycles. The van der Waals surface area contributed by atoms with Crippen LogP contribution in [-0.4, -0.2) is 59.7 Å². The maximum Gasteiger partial charge on any atom is 0.159 e. The van der Waals surface area contributed by atoms with E-state index in [-0.39, 0.29) is 0 Å². The van der Waals surface area contributed by atoms with Crippen LogP contribution in [0.4, 0.5) is 0 Å². The molecule has 1 fully saturated rings. The van der Waals surface area contributed by atoms with Crippen molar-refractivity contribution >= 4 is 27.5 Å². The SMILES string of the molecule is C=C/C(=C\C(=C/C)c1cc2c(-c3nc4c(-c5cccnc5)nccc4[nH]3)n[nH]c2cn1)CN1CCCC1. The lowest BCUT2D eigenvalue weighted by atomic mass is 10.1. The van der Waals surface area contributed by atoms with Gasteiger partial charge in [0.25, 0.3) is 0 Å². The normalized spacial score (nSPS) is 15.2. The number of allylic oxidation sites excluding steroid dienone is 3. The third-order valence-corrected chi connectivity index (χ3v) is 6.82. The topological polar surface area (TPSA) is 99.3 Å². The lowest BCUT2D eigenvalue weighted by Gasteiger charge is -2.15. The molecule has 2 N–H and O–H groups in total. The van der Waals surface area contributed by atoms with Gasteiger partial charge in [-0.25, -0.2) is 4.98 Å². The number of nitrogens with one attached hydrogen (secondary N) is 2. The van der Waals surface area contributed by atoms with Crippen LogP contribution in [0.25, 0.3) is 50.3 Å². The summed E-state index contributed by atoms with van der Waals surface area (Å²) in [5.74, 6) is 0.676. The highest BCUT2D eigenvalue weighted by molar-refractivity contribution is 5.96. The Balaban J connectivity index is 1.38. The third kappa shape index (κ3) is 4.47. The molecule has 0 aromatic carbocycles. The predicted molar refractivity (Wildman–Crippen MR) is 148 cm³/mol. The van der Waals surface area contributed by atoms with Crippen LogP contribution in [0.1, 0.15) is 25.5 Å². The predicted octanol–water partition coefficient (Wildman–Crippen LogP) is 5.57. The monoisotopic (exact) mass is 488 g/mol. The molecule has 0 saturated carbocycles. The number of aromatic amines is 2. The van der Waals surface area contributed by atoms with Crippen molar-refractivity contribution in [2.24, 2.45) is 0 Å².